The Balaban J connectivity index is 1.31. The van der Waals surface area contributed by atoms with Gasteiger partial charge < -0.3 is 24.8 Å². The maximum absolute atomic E-state index is 13.1. The van der Waals surface area contributed by atoms with Crippen LogP contribution in [-0.4, -0.2) is 78.4 Å². The monoisotopic (exact) mass is 470 g/mol. The average molecular weight is 471 g/mol. The summed E-state index contributed by atoms with van der Waals surface area (Å²) in [5.74, 6) is 0.595. The fraction of sp³-hybridized carbons (Fsp3) is 0.654. The molecule has 3 fully saturated rings. The highest BCUT2D eigenvalue weighted by Crippen LogP contribution is 2.29. The zero-order valence-corrected chi connectivity index (χ0v) is 20.3. The standard InChI is InChI=1S/C26H38N4O4/c1-2-22(21-9-3-4-10-23(21)34-19-24(31)28-13-5-6-14-28)27-25(32)20-11-17-30(18-12-20)26(33)29-15-7-8-16-29/h3-4,9-10,20,22H,2,5-8,11-19H2,1H3,(H,27,32). The van der Waals surface area contributed by atoms with Crippen LogP contribution in [0, 0.1) is 5.92 Å². The van der Waals surface area contributed by atoms with E-state index in [-0.39, 0.29) is 36.4 Å². The van der Waals surface area contributed by atoms with Gasteiger partial charge in [0.05, 0.1) is 6.04 Å². The summed E-state index contributed by atoms with van der Waals surface area (Å²) in [6, 6.07) is 7.58. The molecular formula is C26H38N4O4. The highest BCUT2D eigenvalue weighted by molar-refractivity contribution is 5.80. The Labute approximate surface area is 202 Å². The molecule has 0 spiro atoms. The van der Waals surface area contributed by atoms with E-state index in [1.165, 1.54) is 0 Å². The van der Waals surface area contributed by atoms with Crippen LogP contribution < -0.4 is 10.1 Å². The van der Waals surface area contributed by atoms with Crippen LogP contribution in [0.15, 0.2) is 24.3 Å². The van der Waals surface area contributed by atoms with Crippen molar-refractivity contribution in [2.24, 2.45) is 5.92 Å². The van der Waals surface area contributed by atoms with E-state index in [4.69, 9.17) is 4.74 Å². The summed E-state index contributed by atoms with van der Waals surface area (Å²) in [4.78, 5) is 43.8. The molecule has 34 heavy (non-hydrogen) atoms. The number of hydrogen-bond acceptors (Lipinski definition) is 4. The second-order valence-electron chi connectivity index (χ2n) is 9.62. The molecule has 186 valence electrons. The van der Waals surface area contributed by atoms with Gasteiger partial charge in [-0.2, -0.15) is 0 Å². The molecule has 0 radical (unpaired) electrons. The molecule has 0 bridgehead atoms. The molecule has 1 aromatic carbocycles. The molecule has 0 aliphatic carbocycles. The quantitative estimate of drug-likeness (QED) is 0.664. The first kappa shape index (κ1) is 24.4. The zero-order valence-electron chi connectivity index (χ0n) is 20.3. The zero-order chi connectivity index (χ0) is 23.9. The molecule has 3 heterocycles. The third-order valence-corrected chi connectivity index (χ3v) is 7.34. The van der Waals surface area contributed by atoms with E-state index in [0.717, 1.165) is 63.8 Å². The van der Waals surface area contributed by atoms with E-state index in [0.29, 0.717) is 31.7 Å². The Bertz CT molecular complexity index is 856. The average Bonchev–Trinajstić information content (AvgIpc) is 3.60. The van der Waals surface area contributed by atoms with Crippen molar-refractivity contribution in [3.8, 4) is 5.75 Å². The lowest BCUT2D eigenvalue weighted by atomic mass is 9.94. The van der Waals surface area contributed by atoms with Crippen LogP contribution in [0.4, 0.5) is 4.79 Å². The molecule has 4 rings (SSSR count). The van der Waals surface area contributed by atoms with E-state index in [9.17, 15) is 14.4 Å². The van der Waals surface area contributed by atoms with Crippen molar-refractivity contribution in [3.63, 3.8) is 0 Å². The molecule has 1 N–H and O–H groups in total. The van der Waals surface area contributed by atoms with Gasteiger partial charge in [0.1, 0.15) is 5.75 Å². The number of hydrogen-bond donors (Lipinski definition) is 1. The minimum absolute atomic E-state index is 0.0135. The molecule has 0 aromatic heterocycles. The predicted octanol–water partition coefficient (Wildman–Crippen LogP) is 3.18. The van der Waals surface area contributed by atoms with Gasteiger partial charge in [-0.05, 0) is 51.0 Å². The van der Waals surface area contributed by atoms with E-state index in [1.54, 1.807) is 0 Å². The molecule has 1 unspecified atom stereocenters. The Kier molecular flexibility index (Phi) is 8.29. The first-order valence-electron chi connectivity index (χ1n) is 12.9. The van der Waals surface area contributed by atoms with Crippen molar-refractivity contribution in [1.29, 1.82) is 0 Å². The minimum Gasteiger partial charge on any atom is -0.483 e. The third-order valence-electron chi connectivity index (χ3n) is 7.34. The summed E-state index contributed by atoms with van der Waals surface area (Å²) < 4.78 is 5.92. The van der Waals surface area contributed by atoms with Crippen molar-refractivity contribution in [2.75, 3.05) is 45.9 Å². The fourth-order valence-electron chi connectivity index (χ4n) is 5.23. The van der Waals surface area contributed by atoms with Crippen LogP contribution >= 0.6 is 0 Å². The summed E-state index contributed by atoms with van der Waals surface area (Å²) in [7, 11) is 0. The van der Waals surface area contributed by atoms with E-state index in [2.05, 4.69) is 5.32 Å². The maximum atomic E-state index is 13.1. The Hall–Kier alpha value is -2.77. The van der Waals surface area contributed by atoms with Crippen LogP contribution in [-0.2, 0) is 9.59 Å². The molecule has 3 aliphatic heterocycles. The second-order valence-corrected chi connectivity index (χ2v) is 9.62. The first-order chi connectivity index (χ1) is 16.6. The van der Waals surface area contributed by atoms with Crippen LogP contribution in [0.5, 0.6) is 5.75 Å². The van der Waals surface area contributed by atoms with Crippen molar-refractivity contribution in [2.45, 2.75) is 57.9 Å². The van der Waals surface area contributed by atoms with Crippen molar-refractivity contribution < 1.29 is 19.1 Å². The third kappa shape index (κ3) is 5.83. The van der Waals surface area contributed by atoms with Crippen LogP contribution in [0.1, 0.15) is 63.5 Å². The van der Waals surface area contributed by atoms with Crippen LogP contribution in [0.25, 0.3) is 0 Å². The summed E-state index contributed by atoms with van der Waals surface area (Å²) in [5.41, 5.74) is 0.897. The number of amides is 4. The largest absolute Gasteiger partial charge is 0.483 e. The summed E-state index contributed by atoms with van der Waals surface area (Å²) in [6.45, 7) is 6.62. The van der Waals surface area contributed by atoms with Gasteiger partial charge in [0.25, 0.3) is 5.91 Å². The van der Waals surface area contributed by atoms with E-state index < -0.39 is 0 Å². The number of benzene rings is 1. The number of ether oxygens (including phenoxy) is 1. The summed E-state index contributed by atoms with van der Waals surface area (Å²) in [6.07, 6.45) is 6.36. The number of carbonyl (C=O) groups excluding carboxylic acids is 3. The smallest absolute Gasteiger partial charge is 0.319 e. The molecule has 8 nitrogen and oxygen atoms in total. The topological polar surface area (TPSA) is 82.2 Å². The van der Waals surface area contributed by atoms with Gasteiger partial charge in [-0.15, -0.1) is 0 Å². The van der Waals surface area contributed by atoms with Crippen molar-refractivity contribution >= 4 is 17.8 Å². The number of rotatable bonds is 7. The molecule has 1 aromatic rings. The number of urea groups is 1. The number of carbonyl (C=O) groups is 3. The summed E-state index contributed by atoms with van der Waals surface area (Å²) in [5, 5.41) is 3.21. The molecule has 4 amide bonds. The fourth-order valence-corrected chi connectivity index (χ4v) is 5.23. The van der Waals surface area contributed by atoms with Crippen molar-refractivity contribution in [3.05, 3.63) is 29.8 Å². The highest BCUT2D eigenvalue weighted by atomic mass is 16.5. The van der Waals surface area contributed by atoms with Crippen LogP contribution in [0.3, 0.4) is 0 Å². The Morgan fingerprint density at radius 3 is 2.15 bits per heavy atom. The molecular weight excluding hydrogens is 432 g/mol. The predicted molar refractivity (Wildman–Crippen MR) is 129 cm³/mol. The normalized spacial score (nSPS) is 19.9. The minimum atomic E-state index is -0.185. The Morgan fingerprint density at radius 1 is 0.912 bits per heavy atom. The Morgan fingerprint density at radius 2 is 1.50 bits per heavy atom. The lowest BCUT2D eigenvalue weighted by Crippen LogP contribution is -2.48. The second kappa shape index (κ2) is 11.6. The number of nitrogens with zero attached hydrogens (tertiary/aromatic N) is 3. The molecule has 0 saturated carbocycles. The molecule has 3 aliphatic rings. The van der Waals surface area contributed by atoms with E-state index >= 15 is 0 Å². The van der Waals surface area contributed by atoms with Gasteiger partial charge in [-0.25, -0.2) is 4.79 Å². The molecule has 8 heteroatoms. The first-order valence-corrected chi connectivity index (χ1v) is 12.9. The van der Waals surface area contributed by atoms with Crippen molar-refractivity contribution in [1.82, 2.24) is 20.0 Å². The van der Waals surface area contributed by atoms with Gasteiger partial charge in [0.2, 0.25) is 5.91 Å². The summed E-state index contributed by atoms with van der Waals surface area (Å²) >= 11 is 0. The van der Waals surface area contributed by atoms with Gasteiger partial charge in [-0.3, -0.25) is 9.59 Å². The van der Waals surface area contributed by atoms with E-state index in [1.807, 2.05) is 45.9 Å². The van der Waals surface area contributed by atoms with Gasteiger partial charge in [0, 0.05) is 50.7 Å². The number of nitrogens with one attached hydrogen (secondary N) is 1. The van der Waals surface area contributed by atoms with Gasteiger partial charge in [0.15, 0.2) is 6.61 Å². The SMILES string of the molecule is CCC(NC(=O)C1CCN(C(=O)N2CCCC2)CC1)c1ccccc1OCC(=O)N1CCCC1. The molecule has 3 saturated heterocycles. The van der Waals surface area contributed by atoms with Gasteiger partial charge in [-0.1, -0.05) is 25.1 Å². The van der Waals surface area contributed by atoms with Gasteiger partial charge >= 0.3 is 6.03 Å². The lowest BCUT2D eigenvalue weighted by molar-refractivity contribution is -0.132. The number of piperidine rings is 1. The maximum Gasteiger partial charge on any atom is 0.319 e. The highest BCUT2D eigenvalue weighted by Gasteiger charge is 2.31. The lowest BCUT2D eigenvalue weighted by Gasteiger charge is -2.34. The molecule has 1 atom stereocenters. The number of likely N-dealkylation sites (tertiary alicyclic amines) is 3. The number of para-hydroxylation sites is 1. The van der Waals surface area contributed by atoms with Crippen LogP contribution in [0.2, 0.25) is 0 Å².